The first kappa shape index (κ1) is 19.6. The number of rotatable bonds is 9. The monoisotopic (exact) mass is 359 g/mol. The van der Waals surface area contributed by atoms with Crippen molar-refractivity contribution in [2.45, 2.75) is 32.7 Å². The van der Waals surface area contributed by atoms with Gasteiger partial charge in [-0.05, 0) is 19.9 Å². The molecule has 0 unspecified atom stereocenters. The summed E-state index contributed by atoms with van der Waals surface area (Å²) in [5, 5.41) is 13.8. The minimum atomic E-state index is -0.784. The lowest BCUT2D eigenvalue weighted by molar-refractivity contribution is -0.384. The lowest BCUT2D eigenvalue weighted by Gasteiger charge is -2.17. The minimum Gasteiger partial charge on any atom is -0.466 e. The van der Waals surface area contributed by atoms with Crippen LogP contribution in [0.15, 0.2) is 12.1 Å². The molecule has 10 heteroatoms. The Morgan fingerprint density at radius 1 is 1.25 bits per heavy atom. The first-order chi connectivity index (χ1) is 11.4. The zero-order valence-electron chi connectivity index (χ0n) is 13.3. The summed E-state index contributed by atoms with van der Waals surface area (Å²) in [7, 11) is 0. The van der Waals surface area contributed by atoms with E-state index in [0.717, 1.165) is 0 Å². The molecule has 24 heavy (non-hydrogen) atoms. The fourth-order valence-electron chi connectivity index (χ4n) is 1.89. The van der Waals surface area contributed by atoms with Crippen LogP contribution in [0.2, 0.25) is 5.15 Å². The fourth-order valence-corrected chi connectivity index (χ4v) is 2.04. The second-order valence-corrected chi connectivity index (χ2v) is 5.01. The van der Waals surface area contributed by atoms with Crippen LogP contribution in [0.4, 0.5) is 11.5 Å². The number of halogens is 1. The molecule has 1 N–H and O–H groups in total. The number of nitrogens with one attached hydrogen (secondary N) is 1. The summed E-state index contributed by atoms with van der Waals surface area (Å²) in [6, 6.07) is 1.67. The Kier molecular flexibility index (Phi) is 7.90. The number of esters is 2. The van der Waals surface area contributed by atoms with Gasteiger partial charge in [0.2, 0.25) is 5.82 Å². The molecule has 0 radical (unpaired) electrons. The topological polar surface area (TPSA) is 121 Å². The van der Waals surface area contributed by atoms with Crippen LogP contribution >= 0.6 is 11.6 Å². The summed E-state index contributed by atoms with van der Waals surface area (Å²) in [5.74, 6) is -1.24. The molecular formula is C14H18ClN3O6. The quantitative estimate of drug-likeness (QED) is 0.308. The summed E-state index contributed by atoms with van der Waals surface area (Å²) in [4.78, 5) is 37.6. The van der Waals surface area contributed by atoms with Crippen LogP contribution in [0.25, 0.3) is 0 Å². The SMILES string of the molecule is CCOC(=O)CC(CC(=O)OCC)Nc1nc(Cl)ccc1[N+](=O)[O-]. The maximum absolute atomic E-state index is 11.7. The highest BCUT2D eigenvalue weighted by Crippen LogP contribution is 2.25. The van der Waals surface area contributed by atoms with E-state index in [1.807, 2.05) is 0 Å². The molecule has 0 aliphatic heterocycles. The van der Waals surface area contributed by atoms with Crippen LogP contribution < -0.4 is 5.32 Å². The van der Waals surface area contributed by atoms with E-state index < -0.39 is 22.9 Å². The first-order valence-corrected chi connectivity index (χ1v) is 7.63. The van der Waals surface area contributed by atoms with E-state index in [0.29, 0.717) is 0 Å². The van der Waals surface area contributed by atoms with Crippen molar-refractivity contribution in [1.82, 2.24) is 4.98 Å². The van der Waals surface area contributed by atoms with Crippen LogP contribution in [-0.2, 0) is 19.1 Å². The highest BCUT2D eigenvalue weighted by molar-refractivity contribution is 6.29. The van der Waals surface area contributed by atoms with Crippen molar-refractivity contribution in [1.29, 1.82) is 0 Å². The van der Waals surface area contributed by atoms with Gasteiger partial charge in [-0.25, -0.2) is 4.98 Å². The van der Waals surface area contributed by atoms with Crippen molar-refractivity contribution in [3.8, 4) is 0 Å². The summed E-state index contributed by atoms with van der Waals surface area (Å²) in [5.41, 5.74) is -0.322. The largest absolute Gasteiger partial charge is 0.466 e. The third kappa shape index (κ3) is 6.37. The summed E-state index contributed by atoms with van der Waals surface area (Å²) in [6.07, 6.45) is -0.365. The van der Waals surface area contributed by atoms with Gasteiger partial charge in [-0.15, -0.1) is 0 Å². The molecule has 1 aromatic rings. The highest BCUT2D eigenvalue weighted by Gasteiger charge is 2.24. The summed E-state index contributed by atoms with van der Waals surface area (Å²) >= 11 is 5.76. The van der Waals surface area contributed by atoms with Gasteiger partial charge in [0.25, 0.3) is 0 Å². The van der Waals surface area contributed by atoms with Gasteiger partial charge in [-0.1, -0.05) is 11.6 Å². The molecule has 0 aliphatic rings. The molecule has 9 nitrogen and oxygen atoms in total. The fraction of sp³-hybridized carbons (Fsp3) is 0.500. The van der Waals surface area contributed by atoms with Crippen molar-refractivity contribution in [2.75, 3.05) is 18.5 Å². The van der Waals surface area contributed by atoms with Crippen LogP contribution in [0, 0.1) is 10.1 Å². The second kappa shape index (κ2) is 9.66. The van der Waals surface area contributed by atoms with Crippen LogP contribution in [0.1, 0.15) is 26.7 Å². The third-order valence-corrected chi connectivity index (χ3v) is 3.02. The smallest absolute Gasteiger partial charge is 0.311 e. The molecule has 0 spiro atoms. The van der Waals surface area contributed by atoms with Gasteiger partial charge in [0.1, 0.15) is 5.15 Å². The van der Waals surface area contributed by atoms with E-state index >= 15 is 0 Å². The highest BCUT2D eigenvalue weighted by atomic mass is 35.5. The molecule has 0 aliphatic carbocycles. The van der Waals surface area contributed by atoms with Crippen molar-refractivity contribution in [2.24, 2.45) is 0 Å². The van der Waals surface area contributed by atoms with Gasteiger partial charge in [0.05, 0.1) is 31.0 Å². The van der Waals surface area contributed by atoms with Crippen molar-refractivity contribution < 1.29 is 24.0 Å². The molecule has 132 valence electrons. The average Bonchev–Trinajstić information content (AvgIpc) is 2.47. The van der Waals surface area contributed by atoms with Gasteiger partial charge < -0.3 is 14.8 Å². The molecule has 1 heterocycles. The minimum absolute atomic E-state index is 0.0362. The molecule has 0 aromatic carbocycles. The van der Waals surface area contributed by atoms with Crippen molar-refractivity contribution in [3.05, 3.63) is 27.4 Å². The number of anilines is 1. The van der Waals surface area contributed by atoms with Crippen molar-refractivity contribution in [3.63, 3.8) is 0 Å². The van der Waals surface area contributed by atoms with E-state index in [-0.39, 0.29) is 42.7 Å². The lowest BCUT2D eigenvalue weighted by Crippen LogP contribution is -2.28. The predicted octanol–water partition coefficient (Wildman–Crippen LogP) is 2.33. The second-order valence-electron chi connectivity index (χ2n) is 4.62. The Balaban J connectivity index is 2.98. The van der Waals surface area contributed by atoms with Gasteiger partial charge >= 0.3 is 17.6 Å². The van der Waals surface area contributed by atoms with E-state index in [1.54, 1.807) is 13.8 Å². The maximum Gasteiger partial charge on any atom is 0.311 e. The molecular weight excluding hydrogens is 342 g/mol. The van der Waals surface area contributed by atoms with Crippen LogP contribution in [-0.4, -0.2) is 41.1 Å². The standard InChI is InChI=1S/C14H18ClN3O6/c1-3-23-12(19)7-9(8-13(20)24-4-2)16-14-10(18(21)22)5-6-11(15)17-14/h5-6,9H,3-4,7-8H2,1-2H3,(H,16,17). The van der Waals surface area contributed by atoms with E-state index in [2.05, 4.69) is 10.3 Å². The summed E-state index contributed by atoms with van der Waals surface area (Å²) in [6.45, 7) is 3.66. The number of pyridine rings is 1. The maximum atomic E-state index is 11.7. The molecule has 0 fully saturated rings. The molecule has 0 bridgehead atoms. The zero-order valence-corrected chi connectivity index (χ0v) is 14.0. The molecule has 1 aromatic heterocycles. The number of ether oxygens (including phenoxy) is 2. The summed E-state index contributed by atoms with van der Waals surface area (Å²) < 4.78 is 9.68. The number of aromatic nitrogens is 1. The number of nitro groups is 1. The molecule has 0 saturated heterocycles. The predicted molar refractivity (Wildman–Crippen MR) is 85.8 cm³/mol. The van der Waals surface area contributed by atoms with Gasteiger partial charge in [0, 0.05) is 12.1 Å². The number of nitrogens with zero attached hydrogens (tertiary/aromatic N) is 2. The Morgan fingerprint density at radius 2 is 1.79 bits per heavy atom. The first-order valence-electron chi connectivity index (χ1n) is 7.26. The Labute approximate surface area is 143 Å². The van der Waals surface area contributed by atoms with Crippen LogP contribution in [0.5, 0.6) is 0 Å². The van der Waals surface area contributed by atoms with Crippen molar-refractivity contribution >= 4 is 35.0 Å². The zero-order chi connectivity index (χ0) is 18.1. The number of carbonyl (C=O) groups is 2. The van der Waals surface area contributed by atoms with Crippen LogP contribution in [0.3, 0.4) is 0 Å². The van der Waals surface area contributed by atoms with E-state index in [9.17, 15) is 19.7 Å². The molecule has 0 amide bonds. The van der Waals surface area contributed by atoms with E-state index in [1.165, 1.54) is 12.1 Å². The molecule has 1 rings (SSSR count). The number of hydrogen-bond acceptors (Lipinski definition) is 8. The van der Waals surface area contributed by atoms with Gasteiger partial charge in [0.15, 0.2) is 0 Å². The number of carbonyl (C=O) groups excluding carboxylic acids is 2. The third-order valence-electron chi connectivity index (χ3n) is 2.81. The molecule has 0 atom stereocenters. The van der Waals surface area contributed by atoms with Gasteiger partial charge in [-0.2, -0.15) is 0 Å². The Morgan fingerprint density at radius 3 is 2.25 bits per heavy atom. The van der Waals surface area contributed by atoms with Gasteiger partial charge in [-0.3, -0.25) is 19.7 Å². The Bertz CT molecular complexity index is 590. The number of hydrogen-bond donors (Lipinski definition) is 1. The van der Waals surface area contributed by atoms with E-state index in [4.69, 9.17) is 21.1 Å². The lowest BCUT2D eigenvalue weighted by atomic mass is 10.1. The normalized spacial score (nSPS) is 10.3. The average molecular weight is 360 g/mol. The Hall–Kier alpha value is -2.42. The molecule has 0 saturated carbocycles.